The molecule has 0 aliphatic rings. The Hall–Kier alpha value is -1.61. The van der Waals surface area contributed by atoms with E-state index in [9.17, 15) is 0 Å². The number of nitrogens with one attached hydrogen (secondary N) is 2. The summed E-state index contributed by atoms with van der Waals surface area (Å²) >= 11 is 0. The summed E-state index contributed by atoms with van der Waals surface area (Å²) < 4.78 is 0. The Kier molecular flexibility index (Phi) is 3.94. The van der Waals surface area contributed by atoms with Gasteiger partial charge in [0.25, 0.3) is 0 Å². The van der Waals surface area contributed by atoms with Crippen LogP contribution in [0.25, 0.3) is 0 Å². The van der Waals surface area contributed by atoms with Gasteiger partial charge < -0.3 is 10.3 Å². The second-order valence-electron chi connectivity index (χ2n) is 4.37. The van der Waals surface area contributed by atoms with Crippen molar-refractivity contribution in [3.63, 3.8) is 0 Å². The van der Waals surface area contributed by atoms with E-state index >= 15 is 0 Å². The molecule has 0 spiro atoms. The molecule has 2 N–H and O–H groups in total. The first-order chi connectivity index (χ1) is 8.25. The molecule has 90 valence electrons. The number of hydrogen-bond donors (Lipinski definition) is 2. The van der Waals surface area contributed by atoms with Crippen LogP contribution < -0.4 is 5.32 Å². The van der Waals surface area contributed by atoms with Crippen LogP contribution in [0, 0.1) is 6.92 Å². The van der Waals surface area contributed by atoms with Gasteiger partial charge in [-0.3, -0.25) is 0 Å². The highest BCUT2D eigenvalue weighted by Crippen LogP contribution is 2.12. The molecule has 0 bridgehead atoms. The number of hydrogen-bond acceptors (Lipinski definition) is 2. The molecule has 17 heavy (non-hydrogen) atoms. The SMILES string of the molecule is Cc1ccc(C(C)NCCc2ncc[nH]2)cc1. The molecule has 0 amide bonds. The van der Waals surface area contributed by atoms with Gasteiger partial charge in [0.1, 0.15) is 5.82 Å². The van der Waals surface area contributed by atoms with Crippen LogP contribution in [0.2, 0.25) is 0 Å². The summed E-state index contributed by atoms with van der Waals surface area (Å²) in [6.07, 6.45) is 4.58. The minimum absolute atomic E-state index is 0.380. The van der Waals surface area contributed by atoms with Crippen LogP contribution in [0.15, 0.2) is 36.7 Å². The van der Waals surface area contributed by atoms with E-state index in [1.807, 2.05) is 6.20 Å². The van der Waals surface area contributed by atoms with Gasteiger partial charge in [-0.25, -0.2) is 4.98 Å². The molecule has 0 saturated carbocycles. The zero-order valence-electron chi connectivity index (χ0n) is 10.4. The van der Waals surface area contributed by atoms with Crippen LogP contribution in [0.5, 0.6) is 0 Å². The van der Waals surface area contributed by atoms with Crippen molar-refractivity contribution >= 4 is 0 Å². The van der Waals surface area contributed by atoms with Gasteiger partial charge in [0.15, 0.2) is 0 Å². The van der Waals surface area contributed by atoms with Crippen molar-refractivity contribution < 1.29 is 0 Å². The summed E-state index contributed by atoms with van der Waals surface area (Å²) in [7, 11) is 0. The maximum absolute atomic E-state index is 4.20. The van der Waals surface area contributed by atoms with E-state index in [-0.39, 0.29) is 0 Å². The predicted octanol–water partition coefficient (Wildman–Crippen LogP) is 2.61. The third kappa shape index (κ3) is 3.43. The molecule has 1 aromatic carbocycles. The summed E-state index contributed by atoms with van der Waals surface area (Å²) in [5.74, 6) is 1.04. The van der Waals surface area contributed by atoms with Gasteiger partial charge in [0.05, 0.1) is 0 Å². The third-order valence-corrected chi connectivity index (χ3v) is 2.94. The fourth-order valence-corrected chi connectivity index (χ4v) is 1.81. The Balaban J connectivity index is 1.81. The topological polar surface area (TPSA) is 40.7 Å². The number of aromatic nitrogens is 2. The zero-order chi connectivity index (χ0) is 12.1. The average molecular weight is 229 g/mol. The van der Waals surface area contributed by atoms with Crippen molar-refractivity contribution in [2.24, 2.45) is 0 Å². The average Bonchev–Trinajstić information content (AvgIpc) is 2.83. The lowest BCUT2D eigenvalue weighted by Gasteiger charge is -2.13. The van der Waals surface area contributed by atoms with Crippen molar-refractivity contribution in [1.29, 1.82) is 0 Å². The monoisotopic (exact) mass is 229 g/mol. The van der Waals surface area contributed by atoms with Crippen LogP contribution >= 0.6 is 0 Å². The molecule has 0 fully saturated rings. The lowest BCUT2D eigenvalue weighted by atomic mass is 10.1. The first-order valence-electron chi connectivity index (χ1n) is 6.04. The predicted molar refractivity (Wildman–Crippen MR) is 69.9 cm³/mol. The van der Waals surface area contributed by atoms with Crippen LogP contribution in [0.3, 0.4) is 0 Å². The maximum Gasteiger partial charge on any atom is 0.107 e. The molecular formula is C14H19N3. The van der Waals surface area contributed by atoms with Crippen molar-refractivity contribution in [1.82, 2.24) is 15.3 Å². The zero-order valence-corrected chi connectivity index (χ0v) is 10.4. The van der Waals surface area contributed by atoms with E-state index in [1.54, 1.807) is 6.20 Å². The molecule has 3 nitrogen and oxygen atoms in total. The molecule has 3 heteroatoms. The fraction of sp³-hybridized carbons (Fsp3) is 0.357. The number of benzene rings is 1. The van der Waals surface area contributed by atoms with Gasteiger partial charge in [0.2, 0.25) is 0 Å². The summed E-state index contributed by atoms with van der Waals surface area (Å²) in [6.45, 7) is 5.23. The Labute approximate surface area is 102 Å². The molecule has 2 rings (SSSR count). The fourth-order valence-electron chi connectivity index (χ4n) is 1.81. The number of aryl methyl sites for hydroxylation is 1. The first-order valence-corrected chi connectivity index (χ1v) is 6.04. The molecule has 1 aromatic heterocycles. The van der Waals surface area contributed by atoms with E-state index in [4.69, 9.17) is 0 Å². The smallest absolute Gasteiger partial charge is 0.107 e. The molecule has 0 aliphatic heterocycles. The summed E-state index contributed by atoms with van der Waals surface area (Å²) in [5.41, 5.74) is 2.63. The van der Waals surface area contributed by atoms with Gasteiger partial charge in [-0.1, -0.05) is 29.8 Å². The summed E-state index contributed by atoms with van der Waals surface area (Å²) in [6, 6.07) is 9.05. The Morgan fingerprint density at radius 2 is 2.06 bits per heavy atom. The summed E-state index contributed by atoms with van der Waals surface area (Å²) in [4.78, 5) is 7.31. The molecular weight excluding hydrogens is 210 g/mol. The lowest BCUT2D eigenvalue weighted by molar-refractivity contribution is 0.571. The Morgan fingerprint density at radius 1 is 1.29 bits per heavy atom. The third-order valence-electron chi connectivity index (χ3n) is 2.94. The van der Waals surface area contributed by atoms with E-state index in [2.05, 4.69) is 53.4 Å². The largest absolute Gasteiger partial charge is 0.349 e. The molecule has 1 unspecified atom stereocenters. The van der Waals surface area contributed by atoms with Crippen molar-refractivity contribution in [2.45, 2.75) is 26.3 Å². The van der Waals surface area contributed by atoms with Gasteiger partial charge >= 0.3 is 0 Å². The maximum atomic E-state index is 4.20. The highest BCUT2D eigenvalue weighted by atomic mass is 14.9. The highest BCUT2D eigenvalue weighted by Gasteiger charge is 2.04. The number of imidazole rings is 1. The first kappa shape index (κ1) is 11.9. The number of H-pyrrole nitrogens is 1. The van der Waals surface area contributed by atoms with Crippen LogP contribution in [-0.2, 0) is 6.42 Å². The molecule has 1 atom stereocenters. The van der Waals surface area contributed by atoms with Crippen LogP contribution in [-0.4, -0.2) is 16.5 Å². The van der Waals surface area contributed by atoms with Crippen molar-refractivity contribution in [2.75, 3.05) is 6.54 Å². The van der Waals surface area contributed by atoms with Gasteiger partial charge in [-0.2, -0.15) is 0 Å². The second-order valence-corrected chi connectivity index (χ2v) is 4.37. The standard InChI is InChI=1S/C14H19N3/c1-11-3-5-13(6-4-11)12(2)15-8-7-14-16-9-10-17-14/h3-6,9-10,12,15H,7-8H2,1-2H3,(H,16,17). The molecule has 0 aliphatic carbocycles. The highest BCUT2D eigenvalue weighted by molar-refractivity contribution is 5.23. The van der Waals surface area contributed by atoms with Crippen molar-refractivity contribution in [3.8, 4) is 0 Å². The minimum Gasteiger partial charge on any atom is -0.349 e. The Bertz CT molecular complexity index is 431. The lowest BCUT2D eigenvalue weighted by Crippen LogP contribution is -2.21. The second kappa shape index (κ2) is 5.64. The number of nitrogens with zero attached hydrogens (tertiary/aromatic N) is 1. The minimum atomic E-state index is 0.380. The summed E-state index contributed by atoms with van der Waals surface area (Å²) in [5, 5.41) is 3.50. The normalized spacial score (nSPS) is 12.6. The Morgan fingerprint density at radius 3 is 2.71 bits per heavy atom. The number of rotatable bonds is 5. The van der Waals surface area contributed by atoms with Crippen LogP contribution in [0.1, 0.15) is 29.9 Å². The van der Waals surface area contributed by atoms with Crippen LogP contribution in [0.4, 0.5) is 0 Å². The molecule has 0 radical (unpaired) electrons. The van der Waals surface area contributed by atoms with E-state index in [0.717, 1.165) is 18.8 Å². The van der Waals surface area contributed by atoms with E-state index < -0.39 is 0 Å². The van der Waals surface area contributed by atoms with Gasteiger partial charge in [-0.15, -0.1) is 0 Å². The quantitative estimate of drug-likeness (QED) is 0.827. The van der Waals surface area contributed by atoms with E-state index in [1.165, 1.54) is 11.1 Å². The molecule has 2 aromatic rings. The van der Waals surface area contributed by atoms with Crippen molar-refractivity contribution in [3.05, 3.63) is 53.6 Å². The van der Waals surface area contributed by atoms with Gasteiger partial charge in [-0.05, 0) is 19.4 Å². The van der Waals surface area contributed by atoms with Gasteiger partial charge in [0, 0.05) is 31.4 Å². The molecule has 1 heterocycles. The van der Waals surface area contributed by atoms with E-state index in [0.29, 0.717) is 6.04 Å². The molecule has 0 saturated heterocycles. The number of aromatic amines is 1.